The number of hydrogen-bond donors (Lipinski definition) is 1. The Hall–Kier alpha value is -2.28. The van der Waals surface area contributed by atoms with E-state index < -0.39 is 0 Å². The van der Waals surface area contributed by atoms with Gasteiger partial charge in [-0.05, 0) is 49.7 Å². The van der Waals surface area contributed by atoms with Crippen LogP contribution >= 0.6 is 11.5 Å². The molecule has 0 radical (unpaired) electrons. The van der Waals surface area contributed by atoms with E-state index in [1.165, 1.54) is 5.56 Å². The molecule has 0 atom stereocenters. The van der Waals surface area contributed by atoms with Crippen molar-refractivity contribution in [2.24, 2.45) is 5.92 Å². The number of benzene rings is 1. The number of nitrogens with zero attached hydrogens (tertiary/aromatic N) is 3. The van der Waals surface area contributed by atoms with Crippen LogP contribution in [0.2, 0.25) is 0 Å². The zero-order valence-electron chi connectivity index (χ0n) is 15.2. The van der Waals surface area contributed by atoms with E-state index in [-0.39, 0.29) is 11.8 Å². The Balaban J connectivity index is 1.42. The van der Waals surface area contributed by atoms with E-state index in [1.54, 1.807) is 0 Å². The van der Waals surface area contributed by atoms with E-state index in [0.29, 0.717) is 42.5 Å². The maximum absolute atomic E-state index is 12.5. The van der Waals surface area contributed by atoms with Crippen molar-refractivity contribution >= 4 is 23.3 Å². The monoisotopic (exact) mass is 372 g/mol. The second-order valence-electron chi connectivity index (χ2n) is 6.89. The lowest BCUT2D eigenvalue weighted by molar-refractivity contribution is -0.120. The Morgan fingerprint density at radius 1 is 1.27 bits per heavy atom. The first-order valence-electron chi connectivity index (χ1n) is 8.93. The highest BCUT2D eigenvalue weighted by atomic mass is 32.1. The van der Waals surface area contributed by atoms with Gasteiger partial charge in [-0.15, -0.1) is 5.10 Å². The van der Waals surface area contributed by atoms with E-state index in [0.717, 1.165) is 29.9 Å². The van der Waals surface area contributed by atoms with E-state index in [2.05, 4.69) is 14.9 Å². The molecule has 2 heterocycles. The van der Waals surface area contributed by atoms with Gasteiger partial charge < -0.3 is 10.2 Å². The molecule has 0 spiro atoms. The molecule has 1 aromatic carbocycles. The summed E-state index contributed by atoms with van der Waals surface area (Å²) in [6.45, 7) is 5.95. The third-order valence-corrected chi connectivity index (χ3v) is 5.60. The first-order chi connectivity index (χ1) is 12.5. The van der Waals surface area contributed by atoms with Gasteiger partial charge in [-0.2, -0.15) is 0 Å². The molecular weight excluding hydrogens is 348 g/mol. The lowest BCUT2D eigenvalue weighted by Crippen LogP contribution is -2.41. The predicted octanol–water partition coefficient (Wildman–Crippen LogP) is 2.37. The number of likely N-dealkylation sites (tertiary alicyclic amines) is 1. The van der Waals surface area contributed by atoms with Crippen molar-refractivity contribution in [2.45, 2.75) is 33.1 Å². The van der Waals surface area contributed by atoms with Crippen LogP contribution in [0.1, 0.15) is 39.3 Å². The largest absolute Gasteiger partial charge is 0.356 e. The molecule has 1 aromatic heterocycles. The average Bonchev–Trinajstić information content (AvgIpc) is 3.06. The number of nitrogens with one attached hydrogen (secondary N) is 1. The Morgan fingerprint density at radius 2 is 2.04 bits per heavy atom. The number of piperidine rings is 1. The zero-order valence-corrected chi connectivity index (χ0v) is 16.0. The van der Waals surface area contributed by atoms with Gasteiger partial charge in [-0.25, -0.2) is 0 Å². The maximum Gasteiger partial charge on any atom is 0.267 e. The predicted molar refractivity (Wildman–Crippen MR) is 101 cm³/mol. The smallest absolute Gasteiger partial charge is 0.267 e. The summed E-state index contributed by atoms with van der Waals surface area (Å²) in [6, 6.07) is 8.03. The molecule has 1 aliphatic heterocycles. The lowest BCUT2D eigenvalue weighted by atomic mass is 9.96. The standard InChI is InChI=1S/C19H24N4O2S/c1-13-4-3-5-16(10-13)11-17(24)20-12-15-6-8-23(9-7-15)19(25)18-14(2)21-22-26-18/h3-5,10,15H,6-9,11-12H2,1-2H3,(H,20,24). The molecule has 1 fully saturated rings. The fourth-order valence-electron chi connectivity index (χ4n) is 3.24. The van der Waals surface area contributed by atoms with E-state index in [9.17, 15) is 9.59 Å². The third-order valence-electron chi connectivity index (χ3n) is 4.78. The van der Waals surface area contributed by atoms with Crippen molar-refractivity contribution in [2.75, 3.05) is 19.6 Å². The summed E-state index contributed by atoms with van der Waals surface area (Å²) in [6.07, 6.45) is 2.22. The Morgan fingerprint density at radius 3 is 2.69 bits per heavy atom. The first kappa shape index (κ1) is 18.5. The average molecular weight is 372 g/mol. The van der Waals surface area contributed by atoms with Crippen LogP contribution in [0.3, 0.4) is 0 Å². The number of carbonyl (C=O) groups is 2. The number of hydrogen-bond acceptors (Lipinski definition) is 5. The van der Waals surface area contributed by atoms with Gasteiger partial charge in [-0.3, -0.25) is 9.59 Å². The molecule has 1 saturated heterocycles. The minimum atomic E-state index is 0.0273. The third kappa shape index (κ3) is 4.66. The Labute approximate surface area is 157 Å². The van der Waals surface area contributed by atoms with Crippen LogP contribution in [-0.4, -0.2) is 45.9 Å². The van der Waals surface area contributed by atoms with E-state index in [1.807, 2.05) is 43.0 Å². The zero-order chi connectivity index (χ0) is 18.5. The lowest BCUT2D eigenvalue weighted by Gasteiger charge is -2.31. The van der Waals surface area contributed by atoms with Gasteiger partial charge >= 0.3 is 0 Å². The fraction of sp³-hybridized carbons (Fsp3) is 0.474. The fourth-order valence-corrected chi connectivity index (χ4v) is 3.86. The summed E-state index contributed by atoms with van der Waals surface area (Å²) in [4.78, 5) is 27.1. The van der Waals surface area contributed by atoms with Crippen molar-refractivity contribution in [3.05, 3.63) is 46.0 Å². The van der Waals surface area contributed by atoms with Crippen molar-refractivity contribution in [1.29, 1.82) is 0 Å². The molecule has 0 unspecified atom stereocenters. The van der Waals surface area contributed by atoms with Crippen LogP contribution in [0, 0.1) is 19.8 Å². The van der Waals surface area contributed by atoms with Crippen LogP contribution in [0.25, 0.3) is 0 Å². The van der Waals surface area contributed by atoms with Gasteiger partial charge in [0, 0.05) is 19.6 Å². The quantitative estimate of drug-likeness (QED) is 0.874. The van der Waals surface area contributed by atoms with Gasteiger partial charge in [0.1, 0.15) is 4.88 Å². The van der Waals surface area contributed by atoms with Gasteiger partial charge in [0.25, 0.3) is 5.91 Å². The molecule has 2 aromatic rings. The number of aromatic nitrogens is 2. The minimum absolute atomic E-state index is 0.0273. The van der Waals surface area contributed by atoms with E-state index >= 15 is 0 Å². The van der Waals surface area contributed by atoms with Crippen LogP contribution in [-0.2, 0) is 11.2 Å². The molecule has 26 heavy (non-hydrogen) atoms. The molecule has 3 rings (SSSR count). The van der Waals surface area contributed by atoms with Crippen molar-refractivity contribution in [3.8, 4) is 0 Å². The normalized spacial score (nSPS) is 15.1. The molecule has 1 aliphatic rings. The van der Waals surface area contributed by atoms with Gasteiger partial charge in [-0.1, -0.05) is 34.3 Å². The van der Waals surface area contributed by atoms with Crippen LogP contribution < -0.4 is 5.32 Å². The molecule has 138 valence electrons. The second-order valence-corrected chi connectivity index (χ2v) is 7.65. The highest BCUT2D eigenvalue weighted by Crippen LogP contribution is 2.20. The van der Waals surface area contributed by atoms with Crippen molar-refractivity contribution in [3.63, 3.8) is 0 Å². The topological polar surface area (TPSA) is 75.2 Å². The van der Waals surface area contributed by atoms with Gasteiger partial charge in [0.2, 0.25) is 5.91 Å². The Kier molecular flexibility index (Phi) is 5.98. The summed E-state index contributed by atoms with van der Waals surface area (Å²) in [5, 5.41) is 6.95. The summed E-state index contributed by atoms with van der Waals surface area (Å²) in [5.74, 6) is 0.501. The summed E-state index contributed by atoms with van der Waals surface area (Å²) < 4.78 is 3.84. The summed E-state index contributed by atoms with van der Waals surface area (Å²) in [5.41, 5.74) is 2.90. The van der Waals surface area contributed by atoms with Gasteiger partial charge in [0.15, 0.2) is 0 Å². The molecule has 2 amide bonds. The second kappa shape index (κ2) is 8.40. The molecule has 7 heteroatoms. The molecule has 0 saturated carbocycles. The number of amides is 2. The summed E-state index contributed by atoms with van der Waals surface area (Å²) >= 11 is 1.16. The molecule has 6 nitrogen and oxygen atoms in total. The first-order valence-corrected chi connectivity index (χ1v) is 9.70. The molecule has 1 N–H and O–H groups in total. The highest BCUT2D eigenvalue weighted by Gasteiger charge is 2.26. The van der Waals surface area contributed by atoms with Crippen LogP contribution in [0.15, 0.2) is 24.3 Å². The van der Waals surface area contributed by atoms with Crippen molar-refractivity contribution < 1.29 is 9.59 Å². The SMILES string of the molecule is Cc1cccc(CC(=O)NCC2CCN(C(=O)c3snnc3C)CC2)c1. The minimum Gasteiger partial charge on any atom is -0.356 e. The van der Waals surface area contributed by atoms with E-state index in [4.69, 9.17) is 0 Å². The van der Waals surface area contributed by atoms with Crippen LogP contribution in [0.4, 0.5) is 0 Å². The molecule has 0 bridgehead atoms. The number of rotatable bonds is 5. The van der Waals surface area contributed by atoms with Crippen molar-refractivity contribution in [1.82, 2.24) is 19.8 Å². The van der Waals surface area contributed by atoms with Crippen LogP contribution in [0.5, 0.6) is 0 Å². The maximum atomic E-state index is 12.5. The summed E-state index contributed by atoms with van der Waals surface area (Å²) in [7, 11) is 0. The Bertz CT molecular complexity index is 781. The number of carbonyl (C=O) groups excluding carboxylic acids is 2. The van der Waals surface area contributed by atoms with Gasteiger partial charge in [0.05, 0.1) is 12.1 Å². The molecular formula is C19H24N4O2S. The highest BCUT2D eigenvalue weighted by molar-refractivity contribution is 7.07. The number of aryl methyl sites for hydroxylation is 2. The molecule has 0 aliphatic carbocycles.